The Morgan fingerprint density at radius 2 is 2.00 bits per heavy atom. The van der Waals surface area contributed by atoms with Crippen LogP contribution in [0.3, 0.4) is 0 Å². The molecular weight excluding hydrogens is 314 g/mol. The van der Waals surface area contributed by atoms with Crippen LogP contribution in [0.1, 0.15) is 25.8 Å². The second-order valence-corrected chi connectivity index (χ2v) is 5.58. The summed E-state index contributed by atoms with van der Waals surface area (Å²) in [6.07, 6.45) is 1.10. The Hall–Kier alpha value is -1.89. The monoisotopic (exact) mass is 342 g/mol. The molecule has 1 unspecified atom stereocenters. The molecule has 0 fully saturated rings. The first kappa shape index (κ1) is 20.2. The lowest BCUT2D eigenvalue weighted by molar-refractivity contribution is -0.0504. The number of hydrogen-bond donors (Lipinski definition) is 2. The van der Waals surface area contributed by atoms with Crippen molar-refractivity contribution in [2.75, 3.05) is 27.2 Å². The van der Waals surface area contributed by atoms with Crippen molar-refractivity contribution in [2.24, 2.45) is 4.99 Å². The van der Waals surface area contributed by atoms with E-state index in [1.807, 2.05) is 0 Å². The van der Waals surface area contributed by atoms with Gasteiger partial charge in [0.2, 0.25) is 0 Å². The third kappa shape index (κ3) is 7.12. The zero-order chi connectivity index (χ0) is 17.9. The highest BCUT2D eigenvalue weighted by Crippen LogP contribution is 2.19. The smallest absolute Gasteiger partial charge is 0.387 e. The first-order valence-electron chi connectivity index (χ1n) is 8.15. The van der Waals surface area contributed by atoms with E-state index in [1.54, 1.807) is 25.2 Å². The highest BCUT2D eigenvalue weighted by molar-refractivity contribution is 5.79. The van der Waals surface area contributed by atoms with E-state index in [0.29, 0.717) is 24.1 Å². The minimum absolute atomic E-state index is 0.173. The van der Waals surface area contributed by atoms with Gasteiger partial charge < -0.3 is 20.3 Å². The van der Waals surface area contributed by atoms with Crippen molar-refractivity contribution in [1.82, 2.24) is 15.5 Å². The largest absolute Gasteiger partial charge is 0.434 e. The number of rotatable bonds is 9. The molecule has 0 aromatic heterocycles. The lowest BCUT2D eigenvalue weighted by Crippen LogP contribution is -2.42. The molecule has 1 aromatic rings. The summed E-state index contributed by atoms with van der Waals surface area (Å²) in [5, 5.41) is 6.33. The molecule has 0 aliphatic heterocycles. The molecule has 0 radical (unpaired) electrons. The fourth-order valence-electron chi connectivity index (χ4n) is 2.14. The van der Waals surface area contributed by atoms with Crippen molar-refractivity contribution in [2.45, 2.75) is 39.5 Å². The Morgan fingerprint density at radius 3 is 2.62 bits per heavy atom. The maximum absolute atomic E-state index is 12.4. The van der Waals surface area contributed by atoms with Gasteiger partial charge in [0, 0.05) is 38.3 Å². The predicted octanol–water partition coefficient (Wildman–Crippen LogP) is 2.68. The number of hydrogen-bond acceptors (Lipinski definition) is 3. The molecule has 24 heavy (non-hydrogen) atoms. The van der Waals surface area contributed by atoms with Crippen LogP contribution < -0.4 is 15.4 Å². The van der Waals surface area contributed by atoms with Crippen molar-refractivity contribution in [3.05, 3.63) is 29.8 Å². The minimum Gasteiger partial charge on any atom is -0.434 e. The number of aliphatic imine (C=N–C) groups is 1. The van der Waals surface area contributed by atoms with E-state index in [-0.39, 0.29) is 5.75 Å². The zero-order valence-electron chi connectivity index (χ0n) is 14.9. The number of guanidine groups is 1. The first-order chi connectivity index (χ1) is 11.5. The van der Waals surface area contributed by atoms with Crippen LogP contribution in [0.25, 0.3) is 0 Å². The van der Waals surface area contributed by atoms with E-state index in [9.17, 15) is 8.78 Å². The molecule has 0 bridgehead atoms. The lowest BCUT2D eigenvalue weighted by atomic mass is 10.2. The fraction of sp³-hybridized carbons (Fsp3) is 0.588. The Labute approximate surface area is 143 Å². The normalized spacial score (nSPS) is 13.2. The second kappa shape index (κ2) is 10.8. The van der Waals surface area contributed by atoms with Crippen LogP contribution in [-0.2, 0) is 6.54 Å². The number of para-hydroxylation sites is 1. The Morgan fingerprint density at radius 1 is 1.29 bits per heavy atom. The summed E-state index contributed by atoms with van der Waals surface area (Å²) in [5.41, 5.74) is 0.650. The maximum atomic E-state index is 12.4. The van der Waals surface area contributed by atoms with Crippen molar-refractivity contribution >= 4 is 5.96 Å². The molecule has 0 saturated heterocycles. The Kier molecular flexibility index (Phi) is 9.07. The van der Waals surface area contributed by atoms with Gasteiger partial charge in [0.25, 0.3) is 0 Å². The van der Waals surface area contributed by atoms with Crippen molar-refractivity contribution < 1.29 is 13.5 Å². The number of ether oxygens (including phenoxy) is 1. The molecule has 0 saturated carbocycles. The van der Waals surface area contributed by atoms with E-state index in [4.69, 9.17) is 0 Å². The van der Waals surface area contributed by atoms with Crippen LogP contribution in [0.5, 0.6) is 5.75 Å². The number of halogens is 2. The van der Waals surface area contributed by atoms with Crippen LogP contribution in [0.4, 0.5) is 8.78 Å². The van der Waals surface area contributed by atoms with Crippen LogP contribution in [0.2, 0.25) is 0 Å². The van der Waals surface area contributed by atoms with Gasteiger partial charge in [-0.3, -0.25) is 4.99 Å². The Balaban J connectivity index is 2.47. The number of likely N-dealkylation sites (N-methyl/N-ethyl adjacent to an activating group) is 1. The lowest BCUT2D eigenvalue weighted by Gasteiger charge is -2.24. The highest BCUT2D eigenvalue weighted by atomic mass is 19.3. The first-order valence-corrected chi connectivity index (χ1v) is 8.15. The summed E-state index contributed by atoms with van der Waals surface area (Å²) in [7, 11) is 3.76. The molecule has 1 rings (SSSR count). The average molecular weight is 342 g/mol. The van der Waals surface area contributed by atoms with E-state index < -0.39 is 6.61 Å². The van der Waals surface area contributed by atoms with Crippen molar-refractivity contribution in [1.29, 1.82) is 0 Å². The van der Waals surface area contributed by atoms with Crippen LogP contribution in [0.15, 0.2) is 29.3 Å². The van der Waals surface area contributed by atoms with Crippen LogP contribution in [0, 0.1) is 0 Å². The van der Waals surface area contributed by atoms with E-state index in [2.05, 4.69) is 46.2 Å². The number of alkyl halides is 2. The molecule has 1 aromatic carbocycles. The van der Waals surface area contributed by atoms with Gasteiger partial charge in [0.05, 0.1) is 0 Å². The summed E-state index contributed by atoms with van der Waals surface area (Å²) < 4.78 is 29.4. The topological polar surface area (TPSA) is 48.9 Å². The van der Waals surface area contributed by atoms with Gasteiger partial charge in [0.15, 0.2) is 5.96 Å². The maximum Gasteiger partial charge on any atom is 0.387 e. The Bertz CT molecular complexity index is 511. The molecule has 136 valence electrons. The summed E-state index contributed by atoms with van der Waals surface area (Å²) in [5.74, 6) is 0.798. The van der Waals surface area contributed by atoms with Crippen LogP contribution in [-0.4, -0.2) is 50.7 Å². The van der Waals surface area contributed by atoms with Crippen molar-refractivity contribution in [3.8, 4) is 5.75 Å². The van der Waals surface area contributed by atoms with Gasteiger partial charge in [-0.25, -0.2) is 0 Å². The van der Waals surface area contributed by atoms with Gasteiger partial charge in [0.1, 0.15) is 5.75 Å². The van der Waals surface area contributed by atoms with Gasteiger partial charge in [-0.15, -0.1) is 0 Å². The molecule has 7 heteroatoms. The zero-order valence-corrected chi connectivity index (χ0v) is 14.9. The van der Waals surface area contributed by atoms with Crippen LogP contribution >= 0.6 is 0 Å². The molecule has 0 aliphatic carbocycles. The number of benzene rings is 1. The highest BCUT2D eigenvalue weighted by Gasteiger charge is 2.10. The molecule has 1 atom stereocenters. The molecule has 0 amide bonds. The second-order valence-electron chi connectivity index (χ2n) is 5.58. The van der Waals surface area contributed by atoms with Gasteiger partial charge in [-0.2, -0.15) is 8.78 Å². The molecule has 0 spiro atoms. The van der Waals surface area contributed by atoms with E-state index >= 15 is 0 Å². The summed E-state index contributed by atoms with van der Waals surface area (Å²) in [4.78, 5) is 6.41. The number of nitrogens with zero attached hydrogens (tertiary/aromatic N) is 2. The molecule has 0 aliphatic rings. The van der Waals surface area contributed by atoms with Gasteiger partial charge in [-0.05, 0) is 26.5 Å². The molecule has 2 N–H and O–H groups in total. The average Bonchev–Trinajstić information content (AvgIpc) is 2.57. The summed E-state index contributed by atoms with van der Waals surface area (Å²) in [6, 6.07) is 7.25. The third-order valence-electron chi connectivity index (χ3n) is 3.96. The SMILES string of the molecule is CCC(C)N(C)CCNC(=NC)NCc1ccccc1OC(F)F. The molecule has 5 nitrogen and oxygen atoms in total. The van der Waals surface area contributed by atoms with E-state index in [0.717, 1.165) is 19.5 Å². The van der Waals surface area contributed by atoms with Crippen molar-refractivity contribution in [3.63, 3.8) is 0 Å². The summed E-state index contributed by atoms with van der Waals surface area (Å²) in [6.45, 7) is 3.50. The van der Waals surface area contributed by atoms with Gasteiger partial charge in [-0.1, -0.05) is 25.1 Å². The number of nitrogens with one attached hydrogen (secondary N) is 2. The fourth-order valence-corrected chi connectivity index (χ4v) is 2.14. The van der Waals surface area contributed by atoms with E-state index in [1.165, 1.54) is 6.07 Å². The minimum atomic E-state index is -2.83. The molecular formula is C17H28F2N4O. The predicted molar refractivity (Wildman–Crippen MR) is 93.7 cm³/mol. The quantitative estimate of drug-likeness (QED) is 0.535. The summed E-state index contributed by atoms with van der Waals surface area (Å²) >= 11 is 0. The third-order valence-corrected chi connectivity index (χ3v) is 3.96. The molecule has 0 heterocycles. The standard InChI is InChI=1S/C17H28F2N4O/c1-5-13(2)23(4)11-10-21-17(20-3)22-12-14-8-6-7-9-15(14)24-16(18)19/h6-9,13,16H,5,10-12H2,1-4H3,(H2,20,21,22). The van der Waals surface area contributed by atoms with Gasteiger partial charge >= 0.3 is 6.61 Å².